The Morgan fingerprint density at radius 1 is 1.30 bits per heavy atom. The van der Waals surface area contributed by atoms with Crippen LogP contribution in [0.25, 0.3) is 0 Å². The fourth-order valence-electron chi connectivity index (χ4n) is 1.92. The maximum absolute atomic E-state index is 12.1. The van der Waals surface area contributed by atoms with Crippen LogP contribution in [0, 0.1) is 13.8 Å². The maximum atomic E-state index is 12.1. The number of nitrogens with zero attached hydrogens (tertiary/aromatic N) is 2. The van der Waals surface area contributed by atoms with Gasteiger partial charge < -0.3 is 14.7 Å². The first kappa shape index (κ1) is 14.1. The second-order valence-electron chi connectivity index (χ2n) is 4.77. The quantitative estimate of drug-likeness (QED) is 0.908. The van der Waals surface area contributed by atoms with Gasteiger partial charge in [0, 0.05) is 18.3 Å². The Balaban J connectivity index is 1.89. The number of likely N-dealkylation sites (N-methyl/N-ethyl adjacent to an activating group) is 1. The van der Waals surface area contributed by atoms with Crippen LogP contribution >= 0.6 is 0 Å². The highest BCUT2D eigenvalue weighted by Gasteiger charge is 2.15. The zero-order valence-electron chi connectivity index (χ0n) is 12.0. The Kier molecular flexibility index (Phi) is 4.40. The molecule has 0 aliphatic carbocycles. The first-order valence-electron chi connectivity index (χ1n) is 6.52. The van der Waals surface area contributed by atoms with Crippen LogP contribution in [0.5, 0.6) is 0 Å². The molecule has 0 aliphatic heterocycles. The van der Waals surface area contributed by atoms with Gasteiger partial charge in [-0.05, 0) is 26.0 Å². The Bertz CT molecular complexity index is 559. The first-order valence-corrected chi connectivity index (χ1v) is 6.52. The number of carbonyl (C=O) groups excluding carboxylic acids is 1. The molecule has 5 heteroatoms. The molecule has 0 unspecified atom stereocenters. The molecule has 0 saturated heterocycles. The van der Waals surface area contributed by atoms with E-state index in [1.165, 1.54) is 0 Å². The number of para-hydroxylation sites is 1. The molecular formula is C15H19N3O2. The minimum absolute atomic E-state index is 0.0221. The third kappa shape index (κ3) is 3.38. The largest absolute Gasteiger partial charge is 0.376 e. The molecule has 0 spiro atoms. The van der Waals surface area contributed by atoms with Gasteiger partial charge in [0.1, 0.15) is 5.76 Å². The van der Waals surface area contributed by atoms with Gasteiger partial charge in [-0.25, -0.2) is 0 Å². The minimum Gasteiger partial charge on any atom is -0.376 e. The van der Waals surface area contributed by atoms with Gasteiger partial charge in [-0.3, -0.25) is 4.79 Å². The monoisotopic (exact) mass is 273 g/mol. The normalized spacial score (nSPS) is 10.3. The topological polar surface area (TPSA) is 58.4 Å². The van der Waals surface area contributed by atoms with Gasteiger partial charge in [0.15, 0.2) is 0 Å². The van der Waals surface area contributed by atoms with Crippen molar-refractivity contribution in [3.63, 3.8) is 0 Å². The standard InChI is InChI=1S/C15H19N3O2/c1-11-14(12(2)20-17-11)10-18(3)15(19)9-16-13-7-5-4-6-8-13/h4-8,16H,9-10H2,1-3H3. The number of anilines is 1. The summed E-state index contributed by atoms with van der Waals surface area (Å²) in [6.07, 6.45) is 0. The van der Waals surface area contributed by atoms with Gasteiger partial charge in [0.25, 0.3) is 0 Å². The molecule has 1 amide bonds. The summed E-state index contributed by atoms with van der Waals surface area (Å²) in [6.45, 7) is 4.52. The number of hydrogen-bond acceptors (Lipinski definition) is 4. The number of carbonyl (C=O) groups is 1. The van der Waals surface area contributed by atoms with Crippen molar-refractivity contribution >= 4 is 11.6 Å². The number of rotatable bonds is 5. The van der Waals surface area contributed by atoms with E-state index in [2.05, 4.69) is 10.5 Å². The molecule has 0 radical (unpaired) electrons. The predicted molar refractivity (Wildman–Crippen MR) is 77.4 cm³/mol. The first-order chi connectivity index (χ1) is 9.58. The van der Waals surface area contributed by atoms with E-state index in [0.717, 1.165) is 22.7 Å². The highest BCUT2D eigenvalue weighted by molar-refractivity contribution is 5.80. The summed E-state index contributed by atoms with van der Waals surface area (Å²) < 4.78 is 5.10. The second kappa shape index (κ2) is 6.23. The Hall–Kier alpha value is -2.30. The van der Waals surface area contributed by atoms with Gasteiger partial charge in [0.2, 0.25) is 5.91 Å². The van der Waals surface area contributed by atoms with Gasteiger partial charge in [-0.15, -0.1) is 0 Å². The summed E-state index contributed by atoms with van der Waals surface area (Å²) in [5, 5.41) is 7.00. The predicted octanol–water partition coefficient (Wildman–Crippen LogP) is 2.36. The molecule has 5 nitrogen and oxygen atoms in total. The number of amides is 1. The molecule has 0 aliphatic rings. The molecule has 1 aromatic carbocycles. The van der Waals surface area contributed by atoms with Crippen LogP contribution in [0.15, 0.2) is 34.9 Å². The molecule has 2 aromatic rings. The Labute approximate surface area is 118 Å². The number of hydrogen-bond donors (Lipinski definition) is 1. The van der Waals surface area contributed by atoms with Crippen LogP contribution in [0.1, 0.15) is 17.0 Å². The molecule has 0 fully saturated rings. The average molecular weight is 273 g/mol. The third-order valence-electron chi connectivity index (χ3n) is 3.22. The van der Waals surface area contributed by atoms with Gasteiger partial charge in [-0.2, -0.15) is 0 Å². The van der Waals surface area contributed by atoms with Gasteiger partial charge in [0.05, 0.1) is 18.8 Å². The van der Waals surface area contributed by atoms with Gasteiger partial charge in [-0.1, -0.05) is 23.4 Å². The smallest absolute Gasteiger partial charge is 0.241 e. The summed E-state index contributed by atoms with van der Waals surface area (Å²) in [5.74, 6) is 0.784. The molecule has 0 saturated carbocycles. The van der Waals surface area contributed by atoms with E-state index >= 15 is 0 Å². The van der Waals surface area contributed by atoms with Crippen molar-refractivity contribution < 1.29 is 9.32 Å². The van der Waals surface area contributed by atoms with Gasteiger partial charge >= 0.3 is 0 Å². The van der Waals surface area contributed by atoms with E-state index in [1.54, 1.807) is 11.9 Å². The molecule has 0 bridgehead atoms. The van der Waals surface area contributed by atoms with Crippen LogP contribution in [-0.2, 0) is 11.3 Å². The maximum Gasteiger partial charge on any atom is 0.241 e. The van der Waals surface area contributed by atoms with Crippen molar-refractivity contribution in [3.05, 3.63) is 47.3 Å². The van der Waals surface area contributed by atoms with Crippen molar-refractivity contribution in [2.24, 2.45) is 0 Å². The summed E-state index contributed by atoms with van der Waals surface area (Å²) in [4.78, 5) is 13.7. The van der Waals surface area contributed by atoms with E-state index < -0.39 is 0 Å². The van der Waals surface area contributed by atoms with Crippen LogP contribution in [0.2, 0.25) is 0 Å². The molecule has 20 heavy (non-hydrogen) atoms. The molecule has 0 atom stereocenters. The fraction of sp³-hybridized carbons (Fsp3) is 0.333. The lowest BCUT2D eigenvalue weighted by molar-refractivity contribution is -0.128. The summed E-state index contributed by atoms with van der Waals surface area (Å²) >= 11 is 0. The number of nitrogens with one attached hydrogen (secondary N) is 1. The van der Waals surface area contributed by atoms with Crippen molar-refractivity contribution in [2.75, 3.05) is 18.9 Å². The zero-order chi connectivity index (χ0) is 14.5. The highest BCUT2D eigenvalue weighted by atomic mass is 16.5. The molecular weight excluding hydrogens is 254 g/mol. The lowest BCUT2D eigenvalue weighted by Gasteiger charge is -2.17. The van der Waals surface area contributed by atoms with Crippen LogP contribution in [0.4, 0.5) is 5.69 Å². The number of aromatic nitrogens is 1. The SMILES string of the molecule is Cc1noc(C)c1CN(C)C(=O)CNc1ccccc1. The number of aryl methyl sites for hydroxylation is 2. The van der Waals surface area contributed by atoms with Crippen LogP contribution < -0.4 is 5.32 Å². The van der Waals surface area contributed by atoms with Crippen LogP contribution in [0.3, 0.4) is 0 Å². The number of benzene rings is 1. The summed E-state index contributed by atoms with van der Waals surface area (Å²) in [5.41, 5.74) is 2.74. The molecule has 1 aromatic heterocycles. The molecule has 2 rings (SSSR count). The van der Waals surface area contributed by atoms with E-state index in [-0.39, 0.29) is 12.5 Å². The van der Waals surface area contributed by atoms with Crippen molar-refractivity contribution in [2.45, 2.75) is 20.4 Å². The summed E-state index contributed by atoms with van der Waals surface area (Å²) in [7, 11) is 1.78. The summed E-state index contributed by atoms with van der Waals surface area (Å²) in [6, 6.07) is 9.67. The lowest BCUT2D eigenvalue weighted by atomic mass is 10.2. The highest BCUT2D eigenvalue weighted by Crippen LogP contribution is 2.14. The van der Waals surface area contributed by atoms with E-state index in [0.29, 0.717) is 6.54 Å². The molecule has 1 N–H and O–H groups in total. The van der Waals surface area contributed by atoms with Crippen molar-refractivity contribution in [1.82, 2.24) is 10.1 Å². The molecule has 106 valence electrons. The van der Waals surface area contributed by atoms with E-state index in [1.807, 2.05) is 44.2 Å². The zero-order valence-corrected chi connectivity index (χ0v) is 12.0. The lowest BCUT2D eigenvalue weighted by Crippen LogP contribution is -2.32. The Morgan fingerprint density at radius 2 is 2.00 bits per heavy atom. The third-order valence-corrected chi connectivity index (χ3v) is 3.22. The Morgan fingerprint density at radius 3 is 2.60 bits per heavy atom. The van der Waals surface area contributed by atoms with Crippen LogP contribution in [-0.4, -0.2) is 29.6 Å². The van der Waals surface area contributed by atoms with Crippen molar-refractivity contribution in [1.29, 1.82) is 0 Å². The minimum atomic E-state index is 0.0221. The van der Waals surface area contributed by atoms with Crippen molar-refractivity contribution in [3.8, 4) is 0 Å². The van der Waals surface area contributed by atoms with E-state index in [4.69, 9.17) is 4.52 Å². The van der Waals surface area contributed by atoms with E-state index in [9.17, 15) is 4.79 Å². The fourth-order valence-corrected chi connectivity index (χ4v) is 1.92. The molecule has 1 heterocycles. The average Bonchev–Trinajstić information content (AvgIpc) is 2.77. The second-order valence-corrected chi connectivity index (χ2v) is 4.77.